The summed E-state index contributed by atoms with van der Waals surface area (Å²) < 4.78 is 0. The van der Waals surface area contributed by atoms with Crippen LogP contribution in [0, 0.1) is 5.92 Å². The first-order chi connectivity index (χ1) is 9.79. The van der Waals surface area contributed by atoms with Crippen molar-refractivity contribution in [3.05, 3.63) is 34.9 Å². The lowest BCUT2D eigenvalue weighted by atomic mass is 10.2. The smallest absolute Gasteiger partial charge is 0.307 e. The molecule has 6 heteroatoms. The summed E-state index contributed by atoms with van der Waals surface area (Å²) in [4.78, 5) is 26.2. The molecule has 5 nitrogen and oxygen atoms in total. The van der Waals surface area contributed by atoms with E-state index in [1.807, 2.05) is 18.2 Å². The van der Waals surface area contributed by atoms with Gasteiger partial charge in [0.25, 0.3) is 0 Å². The minimum Gasteiger partial charge on any atom is -0.481 e. The minimum absolute atomic E-state index is 0.0601. The first-order valence-corrected chi connectivity index (χ1v) is 7.07. The van der Waals surface area contributed by atoms with Crippen molar-refractivity contribution < 1.29 is 14.7 Å². The maximum absolute atomic E-state index is 12.1. The third-order valence-corrected chi connectivity index (χ3v) is 3.38. The lowest BCUT2D eigenvalue weighted by Crippen LogP contribution is -2.38. The van der Waals surface area contributed by atoms with E-state index >= 15 is 0 Å². The predicted octanol–water partition coefficient (Wildman–Crippen LogP) is 1.95. The Bertz CT molecular complexity index is 507. The Hall–Kier alpha value is -1.59. The normalized spacial score (nSPS) is 12.2. The van der Waals surface area contributed by atoms with Gasteiger partial charge in [-0.1, -0.05) is 30.7 Å². The molecule has 1 aromatic carbocycles. The Balaban J connectivity index is 2.49. The maximum atomic E-state index is 12.1. The first-order valence-electron chi connectivity index (χ1n) is 6.69. The van der Waals surface area contributed by atoms with Crippen molar-refractivity contribution in [3.8, 4) is 0 Å². The van der Waals surface area contributed by atoms with Crippen LogP contribution in [0.25, 0.3) is 0 Å². The number of nitrogens with zero attached hydrogens (tertiary/aromatic N) is 2. The molecule has 1 amide bonds. The van der Waals surface area contributed by atoms with Gasteiger partial charge in [-0.05, 0) is 24.7 Å². The number of benzene rings is 1. The van der Waals surface area contributed by atoms with Crippen LogP contribution in [0.4, 0.5) is 0 Å². The molecule has 0 radical (unpaired) electrons. The summed E-state index contributed by atoms with van der Waals surface area (Å²) in [6, 6.07) is 7.36. The van der Waals surface area contributed by atoms with Crippen molar-refractivity contribution in [2.45, 2.75) is 13.5 Å². The number of amides is 1. The van der Waals surface area contributed by atoms with E-state index in [0.717, 1.165) is 5.56 Å². The van der Waals surface area contributed by atoms with Gasteiger partial charge in [0.05, 0.1) is 12.5 Å². The van der Waals surface area contributed by atoms with Crippen LogP contribution in [0.1, 0.15) is 12.5 Å². The standard InChI is InChI=1S/C15H21ClN2O3/c1-11(15(20)21)8-17(2)10-14(19)18(3)9-12-5-4-6-13(16)7-12/h4-7,11H,8-10H2,1-3H3,(H,20,21). The van der Waals surface area contributed by atoms with E-state index in [1.54, 1.807) is 36.9 Å². The molecular formula is C15H21ClN2O3. The zero-order valence-electron chi connectivity index (χ0n) is 12.5. The fraction of sp³-hybridized carbons (Fsp3) is 0.467. The fourth-order valence-electron chi connectivity index (χ4n) is 1.96. The maximum Gasteiger partial charge on any atom is 0.307 e. The quantitative estimate of drug-likeness (QED) is 0.836. The van der Waals surface area contributed by atoms with Crippen LogP contribution in [0.5, 0.6) is 0 Å². The van der Waals surface area contributed by atoms with Gasteiger partial charge in [-0.15, -0.1) is 0 Å². The molecule has 0 aliphatic rings. The molecule has 0 bridgehead atoms. The van der Waals surface area contributed by atoms with Crippen molar-refractivity contribution >= 4 is 23.5 Å². The summed E-state index contributed by atoms with van der Waals surface area (Å²) in [5.41, 5.74) is 0.958. The summed E-state index contributed by atoms with van der Waals surface area (Å²) in [5, 5.41) is 9.50. The van der Waals surface area contributed by atoms with Gasteiger partial charge in [-0.3, -0.25) is 14.5 Å². The van der Waals surface area contributed by atoms with Crippen molar-refractivity contribution in [3.63, 3.8) is 0 Å². The van der Waals surface area contributed by atoms with Crippen LogP contribution < -0.4 is 0 Å². The highest BCUT2D eigenvalue weighted by Crippen LogP contribution is 2.12. The van der Waals surface area contributed by atoms with Crippen LogP contribution in [0.2, 0.25) is 5.02 Å². The topological polar surface area (TPSA) is 60.9 Å². The Morgan fingerprint density at radius 2 is 2.00 bits per heavy atom. The molecule has 1 aromatic rings. The van der Waals surface area contributed by atoms with Crippen LogP contribution >= 0.6 is 11.6 Å². The highest BCUT2D eigenvalue weighted by molar-refractivity contribution is 6.30. The number of carboxylic acids is 1. The van der Waals surface area contributed by atoms with Gasteiger partial charge < -0.3 is 10.0 Å². The Kier molecular flexibility index (Phi) is 6.65. The molecule has 0 spiro atoms. The molecule has 1 rings (SSSR count). The number of carbonyl (C=O) groups is 2. The molecule has 1 atom stereocenters. The molecule has 1 N–H and O–H groups in total. The van der Waals surface area contributed by atoms with Crippen LogP contribution in [-0.4, -0.2) is 54.0 Å². The number of halogens is 1. The summed E-state index contributed by atoms with van der Waals surface area (Å²) >= 11 is 5.91. The summed E-state index contributed by atoms with van der Waals surface area (Å²) in [5.74, 6) is -1.42. The molecule has 0 heterocycles. The first kappa shape index (κ1) is 17.5. The van der Waals surface area contributed by atoms with Crippen LogP contribution in [-0.2, 0) is 16.1 Å². The average Bonchev–Trinajstić information content (AvgIpc) is 2.38. The van der Waals surface area contributed by atoms with Gasteiger partial charge in [0.2, 0.25) is 5.91 Å². The monoisotopic (exact) mass is 312 g/mol. The number of carbonyl (C=O) groups excluding carboxylic acids is 1. The Labute approximate surface area is 130 Å². The van der Waals surface area contributed by atoms with E-state index in [0.29, 0.717) is 18.1 Å². The number of likely N-dealkylation sites (N-methyl/N-ethyl adjacent to an activating group) is 2. The zero-order valence-corrected chi connectivity index (χ0v) is 13.3. The SMILES string of the molecule is CC(CN(C)CC(=O)N(C)Cc1cccc(Cl)c1)C(=O)O. The van der Waals surface area contributed by atoms with E-state index in [4.69, 9.17) is 16.7 Å². The fourth-order valence-corrected chi connectivity index (χ4v) is 2.17. The zero-order chi connectivity index (χ0) is 16.0. The van der Waals surface area contributed by atoms with Gasteiger partial charge in [-0.25, -0.2) is 0 Å². The van der Waals surface area contributed by atoms with E-state index in [1.165, 1.54) is 0 Å². The third-order valence-electron chi connectivity index (χ3n) is 3.15. The largest absolute Gasteiger partial charge is 0.481 e. The van der Waals surface area contributed by atoms with E-state index in [9.17, 15) is 9.59 Å². The molecule has 0 saturated heterocycles. The van der Waals surface area contributed by atoms with Gasteiger partial charge >= 0.3 is 5.97 Å². The van der Waals surface area contributed by atoms with Gasteiger partial charge in [-0.2, -0.15) is 0 Å². The van der Waals surface area contributed by atoms with Crippen molar-refractivity contribution in [2.75, 3.05) is 27.2 Å². The van der Waals surface area contributed by atoms with E-state index in [2.05, 4.69) is 0 Å². The van der Waals surface area contributed by atoms with Crippen LogP contribution in [0.15, 0.2) is 24.3 Å². The highest BCUT2D eigenvalue weighted by Gasteiger charge is 2.17. The molecule has 0 fully saturated rings. The minimum atomic E-state index is -0.860. The number of hydrogen-bond donors (Lipinski definition) is 1. The number of aliphatic carboxylic acids is 1. The van der Waals surface area contributed by atoms with E-state index < -0.39 is 11.9 Å². The molecule has 116 valence electrons. The van der Waals surface area contributed by atoms with Gasteiger partial charge in [0, 0.05) is 25.2 Å². The lowest BCUT2D eigenvalue weighted by molar-refractivity contribution is -0.142. The molecule has 1 unspecified atom stereocenters. The van der Waals surface area contributed by atoms with Crippen molar-refractivity contribution in [1.82, 2.24) is 9.80 Å². The Morgan fingerprint density at radius 1 is 1.33 bits per heavy atom. The molecular weight excluding hydrogens is 292 g/mol. The van der Waals surface area contributed by atoms with Gasteiger partial charge in [0.1, 0.15) is 0 Å². The highest BCUT2D eigenvalue weighted by atomic mass is 35.5. The Morgan fingerprint density at radius 3 is 2.57 bits per heavy atom. The number of hydrogen-bond acceptors (Lipinski definition) is 3. The lowest BCUT2D eigenvalue weighted by Gasteiger charge is -2.23. The van der Waals surface area contributed by atoms with Crippen molar-refractivity contribution in [2.24, 2.45) is 5.92 Å². The number of carboxylic acid groups (broad SMARTS) is 1. The van der Waals surface area contributed by atoms with E-state index in [-0.39, 0.29) is 12.5 Å². The van der Waals surface area contributed by atoms with Crippen molar-refractivity contribution in [1.29, 1.82) is 0 Å². The molecule has 0 aromatic heterocycles. The van der Waals surface area contributed by atoms with Gasteiger partial charge in [0.15, 0.2) is 0 Å². The second-order valence-electron chi connectivity index (χ2n) is 5.32. The number of rotatable bonds is 7. The second-order valence-corrected chi connectivity index (χ2v) is 5.75. The molecule has 21 heavy (non-hydrogen) atoms. The summed E-state index contributed by atoms with van der Waals surface area (Å²) in [6.07, 6.45) is 0. The summed E-state index contributed by atoms with van der Waals surface area (Å²) in [6.45, 7) is 2.63. The third kappa shape index (κ3) is 6.14. The average molecular weight is 313 g/mol. The molecule has 0 aliphatic heterocycles. The predicted molar refractivity (Wildman–Crippen MR) is 82.2 cm³/mol. The second kappa shape index (κ2) is 8.00. The van der Waals surface area contributed by atoms with Crippen LogP contribution in [0.3, 0.4) is 0 Å². The summed E-state index contributed by atoms with van der Waals surface area (Å²) in [7, 11) is 3.46. The molecule has 0 aliphatic carbocycles. The molecule has 0 saturated carbocycles.